The van der Waals surface area contributed by atoms with Crippen LogP contribution in [0.3, 0.4) is 0 Å². The molecule has 0 saturated heterocycles. The molecule has 0 unspecified atom stereocenters. The van der Waals surface area contributed by atoms with Crippen LogP contribution in [0.25, 0.3) is 16.8 Å². The number of furan rings is 1. The minimum atomic E-state index is -0.319. The number of fused-ring (bicyclic) bond motifs is 1. The number of carbonyl (C=O) groups is 1. The van der Waals surface area contributed by atoms with E-state index in [1.807, 2.05) is 44.2 Å². The molecule has 5 aromatic rings. The van der Waals surface area contributed by atoms with Gasteiger partial charge in [0.2, 0.25) is 5.88 Å². The number of carbonyl (C=O) groups excluding carboxylic acids is 1. The van der Waals surface area contributed by atoms with Crippen molar-refractivity contribution in [1.82, 2.24) is 19.7 Å². The molecule has 158 valence electrons. The molecule has 0 fully saturated rings. The molecular formula is C24H19N5O3. The number of hydrogen-bond acceptors (Lipinski definition) is 6. The molecule has 1 N–H and O–H groups in total. The van der Waals surface area contributed by atoms with Crippen LogP contribution in [0.2, 0.25) is 0 Å². The predicted molar refractivity (Wildman–Crippen MR) is 119 cm³/mol. The molecule has 8 nitrogen and oxygen atoms in total. The smallest absolute Gasteiger partial charge is 0.291 e. The van der Waals surface area contributed by atoms with Crippen molar-refractivity contribution in [2.24, 2.45) is 0 Å². The van der Waals surface area contributed by atoms with Gasteiger partial charge in [-0.3, -0.25) is 4.79 Å². The van der Waals surface area contributed by atoms with E-state index in [1.54, 1.807) is 41.1 Å². The van der Waals surface area contributed by atoms with E-state index < -0.39 is 0 Å². The van der Waals surface area contributed by atoms with Gasteiger partial charge in [-0.15, -0.1) is 0 Å². The number of ether oxygens (including phenoxy) is 1. The van der Waals surface area contributed by atoms with Crippen LogP contribution in [0.15, 0.2) is 77.5 Å². The molecule has 0 radical (unpaired) electrons. The second kappa shape index (κ2) is 7.99. The second-order valence-corrected chi connectivity index (χ2v) is 7.28. The van der Waals surface area contributed by atoms with E-state index in [9.17, 15) is 4.79 Å². The number of nitrogens with one attached hydrogen (secondary N) is 1. The zero-order valence-corrected chi connectivity index (χ0v) is 17.4. The summed E-state index contributed by atoms with van der Waals surface area (Å²) in [5, 5.41) is 8.13. The van der Waals surface area contributed by atoms with Crippen molar-refractivity contribution in [2.75, 3.05) is 5.32 Å². The van der Waals surface area contributed by atoms with Crippen LogP contribution in [-0.4, -0.2) is 25.7 Å². The van der Waals surface area contributed by atoms with E-state index in [-0.39, 0.29) is 11.7 Å². The van der Waals surface area contributed by atoms with Crippen molar-refractivity contribution in [2.45, 2.75) is 13.8 Å². The molecule has 0 atom stereocenters. The van der Waals surface area contributed by atoms with E-state index in [2.05, 4.69) is 20.4 Å². The van der Waals surface area contributed by atoms with E-state index in [0.717, 1.165) is 16.8 Å². The summed E-state index contributed by atoms with van der Waals surface area (Å²) in [6, 6.07) is 19.9. The van der Waals surface area contributed by atoms with Gasteiger partial charge in [0.1, 0.15) is 17.7 Å². The van der Waals surface area contributed by atoms with Crippen molar-refractivity contribution in [3.05, 3.63) is 90.2 Å². The fourth-order valence-corrected chi connectivity index (χ4v) is 3.38. The van der Waals surface area contributed by atoms with E-state index in [1.165, 1.54) is 6.33 Å². The highest BCUT2D eigenvalue weighted by atomic mass is 16.5. The van der Waals surface area contributed by atoms with Crippen molar-refractivity contribution in [1.29, 1.82) is 0 Å². The predicted octanol–water partition coefficient (Wildman–Crippen LogP) is 5.07. The maximum absolute atomic E-state index is 12.5. The molecule has 3 aromatic heterocycles. The van der Waals surface area contributed by atoms with Crippen LogP contribution in [0.4, 0.5) is 5.69 Å². The van der Waals surface area contributed by atoms with Crippen LogP contribution in [0.1, 0.15) is 21.9 Å². The number of para-hydroxylation sites is 1. The Kier molecular flexibility index (Phi) is 4.87. The van der Waals surface area contributed by atoms with Gasteiger partial charge in [-0.25, -0.2) is 14.6 Å². The molecule has 0 bridgehead atoms. The SMILES string of the molecule is Cc1cc(C)n(-c2cc(Oc3ccc(NC(=O)c4cc5ccccc5o4)cc3)ncn2)n1. The Bertz CT molecular complexity index is 1390. The molecular weight excluding hydrogens is 406 g/mol. The minimum absolute atomic E-state index is 0.254. The number of benzene rings is 2. The summed E-state index contributed by atoms with van der Waals surface area (Å²) in [4.78, 5) is 20.9. The minimum Gasteiger partial charge on any atom is -0.451 e. The van der Waals surface area contributed by atoms with Crippen LogP contribution in [0, 0.1) is 13.8 Å². The molecule has 0 aliphatic carbocycles. The molecule has 5 rings (SSSR count). The zero-order chi connectivity index (χ0) is 22.1. The number of anilines is 1. The fraction of sp³-hybridized carbons (Fsp3) is 0.0833. The third kappa shape index (κ3) is 3.93. The average molecular weight is 425 g/mol. The molecule has 32 heavy (non-hydrogen) atoms. The first-order valence-corrected chi connectivity index (χ1v) is 9.99. The highest BCUT2D eigenvalue weighted by Gasteiger charge is 2.13. The van der Waals surface area contributed by atoms with Gasteiger partial charge in [0.15, 0.2) is 11.6 Å². The Labute approximate surface area is 183 Å². The lowest BCUT2D eigenvalue weighted by Crippen LogP contribution is -2.10. The lowest BCUT2D eigenvalue weighted by molar-refractivity contribution is 0.0998. The monoisotopic (exact) mass is 425 g/mol. The number of amides is 1. The molecule has 0 aliphatic rings. The van der Waals surface area contributed by atoms with Gasteiger partial charge >= 0.3 is 0 Å². The summed E-state index contributed by atoms with van der Waals surface area (Å²) in [6.45, 7) is 3.89. The van der Waals surface area contributed by atoms with Crippen LogP contribution >= 0.6 is 0 Å². The lowest BCUT2D eigenvalue weighted by Gasteiger charge is -2.08. The Balaban J connectivity index is 1.28. The number of rotatable bonds is 5. The number of aromatic nitrogens is 4. The van der Waals surface area contributed by atoms with Gasteiger partial charge in [0.25, 0.3) is 5.91 Å². The molecule has 2 aromatic carbocycles. The van der Waals surface area contributed by atoms with E-state index in [0.29, 0.717) is 28.7 Å². The lowest BCUT2D eigenvalue weighted by atomic mass is 10.2. The standard InChI is InChI=1S/C24H19N5O3/c1-15-11-16(2)29(28-15)22-13-23(26-14-25-22)31-19-9-7-18(8-10-19)27-24(30)21-12-17-5-3-4-6-20(17)32-21/h3-14H,1-2H3,(H,27,30). The maximum atomic E-state index is 12.5. The Hall–Kier alpha value is -4.46. The Morgan fingerprint density at radius 3 is 2.56 bits per heavy atom. The van der Waals surface area contributed by atoms with Gasteiger partial charge in [-0.05, 0) is 56.3 Å². The van der Waals surface area contributed by atoms with Gasteiger partial charge in [0, 0.05) is 22.8 Å². The molecule has 0 saturated carbocycles. The highest BCUT2D eigenvalue weighted by molar-refractivity contribution is 6.04. The van der Waals surface area contributed by atoms with Crippen molar-refractivity contribution in [3.63, 3.8) is 0 Å². The van der Waals surface area contributed by atoms with Gasteiger partial charge < -0.3 is 14.5 Å². The number of nitrogens with zero attached hydrogens (tertiary/aromatic N) is 4. The Morgan fingerprint density at radius 1 is 1.00 bits per heavy atom. The third-order valence-corrected chi connectivity index (χ3v) is 4.84. The van der Waals surface area contributed by atoms with Gasteiger partial charge in [0.05, 0.1) is 5.69 Å². The van der Waals surface area contributed by atoms with Crippen LogP contribution in [0.5, 0.6) is 11.6 Å². The summed E-state index contributed by atoms with van der Waals surface area (Å²) >= 11 is 0. The molecule has 1 amide bonds. The average Bonchev–Trinajstić information content (AvgIpc) is 3.38. The summed E-state index contributed by atoms with van der Waals surface area (Å²) in [6.07, 6.45) is 1.43. The van der Waals surface area contributed by atoms with Gasteiger partial charge in [-0.2, -0.15) is 5.10 Å². The summed E-state index contributed by atoms with van der Waals surface area (Å²) in [5.41, 5.74) is 3.17. The molecule has 0 aliphatic heterocycles. The summed E-state index contributed by atoms with van der Waals surface area (Å²) in [5.74, 6) is 1.52. The van der Waals surface area contributed by atoms with Crippen LogP contribution < -0.4 is 10.1 Å². The summed E-state index contributed by atoms with van der Waals surface area (Å²) < 4.78 is 13.2. The molecule has 8 heteroatoms. The fourth-order valence-electron chi connectivity index (χ4n) is 3.38. The van der Waals surface area contributed by atoms with Crippen molar-refractivity contribution >= 4 is 22.6 Å². The molecule has 3 heterocycles. The first-order valence-electron chi connectivity index (χ1n) is 9.99. The van der Waals surface area contributed by atoms with Crippen molar-refractivity contribution in [3.8, 4) is 17.4 Å². The first-order chi connectivity index (χ1) is 15.5. The largest absolute Gasteiger partial charge is 0.451 e. The number of hydrogen-bond donors (Lipinski definition) is 1. The number of aryl methyl sites for hydroxylation is 2. The highest BCUT2D eigenvalue weighted by Crippen LogP contribution is 2.24. The maximum Gasteiger partial charge on any atom is 0.291 e. The summed E-state index contributed by atoms with van der Waals surface area (Å²) in [7, 11) is 0. The molecule has 0 spiro atoms. The third-order valence-electron chi connectivity index (χ3n) is 4.84. The van der Waals surface area contributed by atoms with Gasteiger partial charge in [-0.1, -0.05) is 18.2 Å². The topological polar surface area (TPSA) is 95.1 Å². The second-order valence-electron chi connectivity index (χ2n) is 7.28. The normalized spacial score (nSPS) is 10.9. The zero-order valence-electron chi connectivity index (χ0n) is 17.4. The van der Waals surface area contributed by atoms with E-state index in [4.69, 9.17) is 9.15 Å². The Morgan fingerprint density at radius 2 is 1.81 bits per heavy atom. The quantitative estimate of drug-likeness (QED) is 0.422. The van der Waals surface area contributed by atoms with Crippen molar-refractivity contribution < 1.29 is 13.9 Å². The van der Waals surface area contributed by atoms with E-state index >= 15 is 0 Å². The first kappa shape index (κ1) is 19.5. The van der Waals surface area contributed by atoms with Crippen LogP contribution in [-0.2, 0) is 0 Å².